The van der Waals surface area contributed by atoms with Crippen LogP contribution < -0.4 is 14.8 Å². The molecule has 0 aliphatic rings. The maximum Gasteiger partial charge on any atom is 0.123 e. The molecular weight excluding hydrogens is 262 g/mol. The molecule has 1 N–H and O–H groups in total. The number of unbranched alkanes of at least 4 members (excludes halogenated alkanes) is 3. The van der Waals surface area contributed by atoms with Crippen LogP contribution in [0.25, 0.3) is 0 Å². The fourth-order valence-electron chi connectivity index (χ4n) is 2.65. The van der Waals surface area contributed by atoms with Gasteiger partial charge in [0.25, 0.3) is 0 Å². The summed E-state index contributed by atoms with van der Waals surface area (Å²) in [7, 11) is 3.41. The first-order valence-corrected chi connectivity index (χ1v) is 8.10. The van der Waals surface area contributed by atoms with Crippen molar-refractivity contribution in [2.45, 2.75) is 65.0 Å². The van der Waals surface area contributed by atoms with Crippen LogP contribution in [0.5, 0.6) is 11.5 Å². The number of rotatable bonds is 10. The first-order chi connectivity index (χ1) is 10.1. The van der Waals surface area contributed by atoms with Gasteiger partial charge in [-0.05, 0) is 38.5 Å². The summed E-state index contributed by atoms with van der Waals surface area (Å²) in [6.07, 6.45) is 6.48. The highest BCUT2D eigenvalue weighted by atomic mass is 16.5. The molecule has 0 bridgehead atoms. The maximum atomic E-state index is 5.47. The Bertz CT molecular complexity index is 406. The number of benzene rings is 1. The third-order valence-corrected chi connectivity index (χ3v) is 3.93. The van der Waals surface area contributed by atoms with E-state index in [1.807, 2.05) is 12.1 Å². The molecular formula is C18H31NO2. The van der Waals surface area contributed by atoms with Gasteiger partial charge in [0, 0.05) is 17.6 Å². The first-order valence-electron chi connectivity index (χ1n) is 8.10. The summed E-state index contributed by atoms with van der Waals surface area (Å²) < 4.78 is 10.8. The molecule has 0 amide bonds. The Balaban J connectivity index is 2.59. The lowest BCUT2D eigenvalue weighted by Gasteiger charge is -2.22. The number of hydrogen-bond acceptors (Lipinski definition) is 3. The van der Waals surface area contributed by atoms with Crippen molar-refractivity contribution < 1.29 is 9.47 Å². The lowest BCUT2D eigenvalue weighted by molar-refractivity contribution is 0.382. The van der Waals surface area contributed by atoms with Gasteiger partial charge in [-0.3, -0.25) is 0 Å². The molecule has 0 heterocycles. The van der Waals surface area contributed by atoms with Gasteiger partial charge in [-0.15, -0.1) is 0 Å². The predicted octanol–water partition coefficient (Wildman–Crippen LogP) is 4.71. The Morgan fingerprint density at radius 2 is 1.81 bits per heavy atom. The Hall–Kier alpha value is -1.22. The van der Waals surface area contributed by atoms with Crippen molar-refractivity contribution in [2.75, 3.05) is 14.2 Å². The number of ether oxygens (including phenoxy) is 2. The van der Waals surface area contributed by atoms with Gasteiger partial charge in [0.15, 0.2) is 0 Å². The summed E-state index contributed by atoms with van der Waals surface area (Å²) in [6.45, 7) is 6.69. The predicted molar refractivity (Wildman–Crippen MR) is 89.3 cm³/mol. The van der Waals surface area contributed by atoms with Crippen LogP contribution in [0.15, 0.2) is 18.2 Å². The Morgan fingerprint density at radius 3 is 2.43 bits per heavy atom. The molecule has 0 fully saturated rings. The molecule has 0 aliphatic carbocycles. The molecule has 0 saturated carbocycles. The topological polar surface area (TPSA) is 30.5 Å². The summed E-state index contributed by atoms with van der Waals surface area (Å²) in [5, 5.41) is 3.66. The maximum absolute atomic E-state index is 5.47. The van der Waals surface area contributed by atoms with Crippen molar-refractivity contribution in [1.29, 1.82) is 0 Å². The van der Waals surface area contributed by atoms with Crippen LogP contribution in [-0.2, 0) is 0 Å². The highest BCUT2D eigenvalue weighted by molar-refractivity contribution is 5.42. The van der Waals surface area contributed by atoms with E-state index in [1.54, 1.807) is 14.2 Å². The quantitative estimate of drug-likeness (QED) is 0.634. The molecule has 120 valence electrons. The van der Waals surface area contributed by atoms with Gasteiger partial charge in [0.05, 0.1) is 14.2 Å². The number of methoxy groups -OCH3 is 2. The van der Waals surface area contributed by atoms with Crippen molar-refractivity contribution in [3.05, 3.63) is 23.8 Å². The molecule has 1 aromatic rings. The molecule has 0 radical (unpaired) electrons. The van der Waals surface area contributed by atoms with Crippen LogP contribution in [0.1, 0.15) is 64.5 Å². The molecule has 3 heteroatoms. The third-order valence-electron chi connectivity index (χ3n) is 3.93. The summed E-state index contributed by atoms with van der Waals surface area (Å²) in [5.74, 6) is 1.78. The van der Waals surface area contributed by atoms with Crippen LogP contribution in [0.2, 0.25) is 0 Å². The van der Waals surface area contributed by atoms with Crippen molar-refractivity contribution in [3.8, 4) is 11.5 Å². The smallest absolute Gasteiger partial charge is 0.123 e. The van der Waals surface area contributed by atoms with E-state index in [0.717, 1.165) is 17.1 Å². The second-order valence-corrected chi connectivity index (χ2v) is 5.75. The van der Waals surface area contributed by atoms with Crippen LogP contribution in [-0.4, -0.2) is 20.3 Å². The van der Waals surface area contributed by atoms with E-state index in [0.29, 0.717) is 6.04 Å². The van der Waals surface area contributed by atoms with Crippen LogP contribution in [0, 0.1) is 0 Å². The van der Waals surface area contributed by atoms with Gasteiger partial charge in [0.1, 0.15) is 11.5 Å². The molecule has 0 saturated heterocycles. The highest BCUT2D eigenvalue weighted by Gasteiger charge is 2.14. The van der Waals surface area contributed by atoms with Gasteiger partial charge in [0.2, 0.25) is 0 Å². The Kier molecular flexibility index (Phi) is 8.21. The fraction of sp³-hybridized carbons (Fsp3) is 0.667. The van der Waals surface area contributed by atoms with E-state index in [1.165, 1.54) is 32.1 Å². The van der Waals surface area contributed by atoms with Crippen LogP contribution in [0.3, 0.4) is 0 Å². The molecule has 0 aromatic heterocycles. The zero-order valence-corrected chi connectivity index (χ0v) is 14.2. The largest absolute Gasteiger partial charge is 0.497 e. The molecule has 2 atom stereocenters. The first kappa shape index (κ1) is 17.8. The second kappa shape index (κ2) is 9.67. The van der Waals surface area contributed by atoms with Gasteiger partial charge in [-0.1, -0.05) is 32.6 Å². The summed E-state index contributed by atoms with van der Waals surface area (Å²) in [4.78, 5) is 0. The minimum absolute atomic E-state index is 0.247. The van der Waals surface area contributed by atoms with E-state index < -0.39 is 0 Å². The van der Waals surface area contributed by atoms with Crippen LogP contribution >= 0.6 is 0 Å². The van der Waals surface area contributed by atoms with E-state index in [4.69, 9.17) is 9.47 Å². The van der Waals surface area contributed by atoms with Crippen molar-refractivity contribution in [2.24, 2.45) is 0 Å². The van der Waals surface area contributed by atoms with E-state index in [9.17, 15) is 0 Å². The van der Waals surface area contributed by atoms with Gasteiger partial charge in [-0.25, -0.2) is 0 Å². The van der Waals surface area contributed by atoms with Crippen molar-refractivity contribution in [3.63, 3.8) is 0 Å². The standard InChI is InChI=1S/C18H31NO2/c1-6-7-8-9-10-14(2)19-15(3)17-13-16(20-4)11-12-18(17)21-5/h11-15,19H,6-10H2,1-5H3. The average Bonchev–Trinajstić information content (AvgIpc) is 2.50. The van der Waals surface area contributed by atoms with Gasteiger partial charge in [-0.2, -0.15) is 0 Å². The number of hydrogen-bond donors (Lipinski definition) is 1. The minimum Gasteiger partial charge on any atom is -0.497 e. The van der Waals surface area contributed by atoms with E-state index >= 15 is 0 Å². The SMILES string of the molecule is CCCCCCC(C)NC(C)c1cc(OC)ccc1OC. The molecule has 2 unspecified atom stereocenters. The lowest BCUT2D eigenvalue weighted by Crippen LogP contribution is -2.29. The third kappa shape index (κ3) is 5.96. The minimum atomic E-state index is 0.247. The lowest BCUT2D eigenvalue weighted by atomic mass is 10.0. The summed E-state index contributed by atoms with van der Waals surface area (Å²) in [6, 6.07) is 6.71. The van der Waals surface area contributed by atoms with Crippen LogP contribution in [0.4, 0.5) is 0 Å². The molecule has 3 nitrogen and oxygen atoms in total. The van der Waals surface area contributed by atoms with Crippen molar-refractivity contribution in [1.82, 2.24) is 5.32 Å². The molecule has 21 heavy (non-hydrogen) atoms. The van der Waals surface area contributed by atoms with Gasteiger partial charge < -0.3 is 14.8 Å². The van der Waals surface area contributed by atoms with E-state index in [2.05, 4.69) is 32.2 Å². The average molecular weight is 293 g/mol. The second-order valence-electron chi connectivity index (χ2n) is 5.75. The zero-order chi connectivity index (χ0) is 15.7. The van der Waals surface area contributed by atoms with Gasteiger partial charge >= 0.3 is 0 Å². The fourth-order valence-corrected chi connectivity index (χ4v) is 2.65. The van der Waals surface area contributed by atoms with E-state index in [-0.39, 0.29) is 6.04 Å². The summed E-state index contributed by atoms with van der Waals surface area (Å²) >= 11 is 0. The summed E-state index contributed by atoms with van der Waals surface area (Å²) in [5.41, 5.74) is 1.15. The Morgan fingerprint density at radius 1 is 1.05 bits per heavy atom. The zero-order valence-electron chi connectivity index (χ0n) is 14.2. The highest BCUT2D eigenvalue weighted by Crippen LogP contribution is 2.29. The molecule has 0 spiro atoms. The monoisotopic (exact) mass is 293 g/mol. The van der Waals surface area contributed by atoms with Crippen molar-refractivity contribution >= 4 is 0 Å². The molecule has 1 rings (SSSR count). The normalized spacial score (nSPS) is 13.8. The molecule has 1 aromatic carbocycles. The number of nitrogens with one attached hydrogen (secondary N) is 1. The molecule has 0 aliphatic heterocycles. The Labute approximate surface area is 130 Å².